The second-order valence-electron chi connectivity index (χ2n) is 7.49. The molecule has 0 aliphatic carbocycles. The van der Waals surface area contributed by atoms with E-state index in [-0.39, 0.29) is 0 Å². The number of benzene rings is 4. The van der Waals surface area contributed by atoms with Gasteiger partial charge in [-0.3, -0.25) is 0 Å². The van der Waals surface area contributed by atoms with E-state index < -0.39 is 0 Å². The van der Waals surface area contributed by atoms with Crippen LogP contribution in [-0.2, 0) is 0 Å². The lowest BCUT2D eigenvalue weighted by Crippen LogP contribution is -2.00. The lowest BCUT2D eigenvalue weighted by Gasteiger charge is -2.08. The van der Waals surface area contributed by atoms with Gasteiger partial charge in [0.2, 0.25) is 0 Å². The Bertz CT molecular complexity index is 1520. The van der Waals surface area contributed by atoms with E-state index in [4.69, 9.17) is 31.0 Å². The van der Waals surface area contributed by atoms with E-state index in [1.165, 1.54) is 0 Å². The summed E-state index contributed by atoms with van der Waals surface area (Å²) in [5, 5.41) is 2.71. The summed E-state index contributed by atoms with van der Waals surface area (Å²) in [7, 11) is 0. The van der Waals surface area contributed by atoms with E-state index in [9.17, 15) is 0 Å². The highest BCUT2D eigenvalue weighted by Gasteiger charge is 2.14. The molecular formula is C27H16ClN3O. The van der Waals surface area contributed by atoms with Gasteiger partial charge in [0, 0.05) is 38.6 Å². The fourth-order valence-electron chi connectivity index (χ4n) is 3.83. The van der Waals surface area contributed by atoms with Gasteiger partial charge in [-0.25, -0.2) is 15.0 Å². The number of rotatable bonds is 3. The molecule has 4 nitrogen and oxygen atoms in total. The lowest BCUT2D eigenvalue weighted by atomic mass is 10.1. The Morgan fingerprint density at radius 2 is 1.00 bits per heavy atom. The highest BCUT2D eigenvalue weighted by molar-refractivity contribution is 6.31. The van der Waals surface area contributed by atoms with Crippen LogP contribution in [0.2, 0.25) is 5.02 Å². The van der Waals surface area contributed by atoms with Crippen LogP contribution in [0.5, 0.6) is 0 Å². The van der Waals surface area contributed by atoms with Crippen LogP contribution in [0, 0.1) is 0 Å². The van der Waals surface area contributed by atoms with E-state index in [1.807, 2.05) is 97.1 Å². The van der Waals surface area contributed by atoms with Gasteiger partial charge in [-0.15, -0.1) is 0 Å². The molecule has 0 aliphatic rings. The van der Waals surface area contributed by atoms with Gasteiger partial charge in [0.05, 0.1) is 0 Å². The van der Waals surface area contributed by atoms with Gasteiger partial charge >= 0.3 is 0 Å². The maximum Gasteiger partial charge on any atom is 0.164 e. The second-order valence-corrected chi connectivity index (χ2v) is 7.93. The third-order valence-electron chi connectivity index (χ3n) is 5.39. The summed E-state index contributed by atoms with van der Waals surface area (Å²) in [6.07, 6.45) is 0. The number of hydrogen-bond donors (Lipinski definition) is 0. The summed E-state index contributed by atoms with van der Waals surface area (Å²) >= 11 is 6.14. The molecule has 4 aromatic carbocycles. The zero-order valence-electron chi connectivity index (χ0n) is 16.9. The third-order valence-corrected chi connectivity index (χ3v) is 5.63. The molecule has 32 heavy (non-hydrogen) atoms. The number of hydrogen-bond acceptors (Lipinski definition) is 4. The smallest absolute Gasteiger partial charge is 0.164 e. The van der Waals surface area contributed by atoms with Crippen LogP contribution in [0.3, 0.4) is 0 Å². The first-order valence-electron chi connectivity index (χ1n) is 10.2. The van der Waals surface area contributed by atoms with Gasteiger partial charge in [0.25, 0.3) is 0 Å². The molecule has 0 bridgehead atoms. The molecule has 0 N–H and O–H groups in total. The largest absolute Gasteiger partial charge is 0.456 e. The first-order chi connectivity index (χ1) is 15.7. The highest BCUT2D eigenvalue weighted by Crippen LogP contribution is 2.33. The van der Waals surface area contributed by atoms with Gasteiger partial charge in [-0.05, 0) is 24.3 Å². The number of nitrogens with zero attached hydrogens (tertiary/aromatic N) is 3. The Morgan fingerprint density at radius 3 is 1.59 bits per heavy atom. The number of furan rings is 1. The van der Waals surface area contributed by atoms with Crippen molar-refractivity contribution >= 4 is 33.5 Å². The Balaban J connectivity index is 1.55. The van der Waals surface area contributed by atoms with Gasteiger partial charge in [-0.1, -0.05) is 78.3 Å². The summed E-state index contributed by atoms with van der Waals surface area (Å²) in [4.78, 5) is 14.3. The molecule has 0 aliphatic heterocycles. The van der Waals surface area contributed by atoms with E-state index in [0.717, 1.165) is 38.6 Å². The molecule has 0 saturated heterocycles. The van der Waals surface area contributed by atoms with E-state index in [2.05, 4.69) is 0 Å². The average molecular weight is 434 g/mol. The summed E-state index contributed by atoms with van der Waals surface area (Å²) in [5.41, 5.74) is 4.26. The van der Waals surface area contributed by atoms with E-state index >= 15 is 0 Å². The fraction of sp³-hybridized carbons (Fsp3) is 0. The maximum absolute atomic E-state index is 6.14. The average Bonchev–Trinajstić information content (AvgIpc) is 3.21. The molecule has 6 aromatic rings. The van der Waals surface area contributed by atoms with Crippen molar-refractivity contribution < 1.29 is 4.42 Å². The van der Waals surface area contributed by atoms with Gasteiger partial charge in [0.1, 0.15) is 11.2 Å². The Labute approximate surface area is 189 Å². The van der Waals surface area contributed by atoms with Crippen molar-refractivity contribution in [3.05, 3.63) is 102 Å². The third kappa shape index (κ3) is 3.31. The van der Waals surface area contributed by atoms with Gasteiger partial charge in [-0.2, -0.15) is 0 Å². The van der Waals surface area contributed by atoms with Crippen molar-refractivity contribution in [2.45, 2.75) is 0 Å². The minimum atomic E-state index is 0.595. The monoisotopic (exact) mass is 433 g/mol. The summed E-state index contributed by atoms with van der Waals surface area (Å²) in [5.74, 6) is 1.86. The normalized spacial score (nSPS) is 11.3. The van der Waals surface area contributed by atoms with Crippen molar-refractivity contribution in [1.29, 1.82) is 0 Å². The summed E-state index contributed by atoms with van der Waals surface area (Å²) < 4.78 is 6.07. The van der Waals surface area contributed by atoms with Crippen molar-refractivity contribution in [1.82, 2.24) is 15.0 Å². The molecule has 0 unspecified atom stereocenters. The van der Waals surface area contributed by atoms with Crippen LogP contribution in [0.4, 0.5) is 0 Å². The molecule has 2 aromatic heterocycles. The zero-order valence-corrected chi connectivity index (χ0v) is 17.6. The Kier molecular flexibility index (Phi) is 4.44. The van der Waals surface area contributed by atoms with Crippen LogP contribution in [0.15, 0.2) is 101 Å². The predicted molar refractivity (Wildman–Crippen MR) is 128 cm³/mol. The quantitative estimate of drug-likeness (QED) is 0.291. The molecule has 0 spiro atoms. The SMILES string of the molecule is Clc1ccc2c(c1)oc1cc(-c3nc(-c4ccccc4)nc(-c4ccccc4)n3)ccc12. The Morgan fingerprint density at radius 1 is 0.500 bits per heavy atom. The first kappa shape index (κ1) is 18.7. The van der Waals surface area contributed by atoms with Crippen LogP contribution in [-0.4, -0.2) is 15.0 Å². The number of aromatic nitrogens is 3. The molecule has 0 radical (unpaired) electrons. The zero-order chi connectivity index (χ0) is 21.5. The molecule has 152 valence electrons. The molecule has 6 rings (SSSR count). The van der Waals surface area contributed by atoms with Crippen molar-refractivity contribution in [2.24, 2.45) is 0 Å². The molecule has 5 heteroatoms. The molecule has 0 amide bonds. The first-order valence-corrected chi connectivity index (χ1v) is 10.6. The van der Waals surface area contributed by atoms with Crippen molar-refractivity contribution in [2.75, 3.05) is 0 Å². The molecule has 0 fully saturated rings. The standard InChI is InChI=1S/C27H16ClN3O/c28-20-12-14-22-21-13-11-19(15-23(21)32-24(22)16-20)27-30-25(17-7-3-1-4-8-17)29-26(31-27)18-9-5-2-6-10-18/h1-16H. The molecule has 0 atom stereocenters. The molecule has 0 saturated carbocycles. The van der Waals surface area contributed by atoms with Crippen molar-refractivity contribution in [3.8, 4) is 34.2 Å². The molecular weight excluding hydrogens is 418 g/mol. The number of fused-ring (bicyclic) bond motifs is 3. The fourth-order valence-corrected chi connectivity index (χ4v) is 3.99. The predicted octanol–water partition coefficient (Wildman–Crippen LogP) is 7.43. The van der Waals surface area contributed by atoms with Crippen LogP contribution in [0.25, 0.3) is 56.1 Å². The Hall–Kier alpha value is -4.02. The van der Waals surface area contributed by atoms with Crippen LogP contribution < -0.4 is 0 Å². The summed E-state index contributed by atoms with van der Waals surface area (Å²) in [6, 6.07) is 31.6. The van der Waals surface area contributed by atoms with Crippen LogP contribution >= 0.6 is 11.6 Å². The van der Waals surface area contributed by atoms with Crippen molar-refractivity contribution in [3.63, 3.8) is 0 Å². The van der Waals surface area contributed by atoms with Gasteiger partial charge in [0.15, 0.2) is 17.5 Å². The topological polar surface area (TPSA) is 51.8 Å². The van der Waals surface area contributed by atoms with Crippen LogP contribution in [0.1, 0.15) is 0 Å². The maximum atomic E-state index is 6.14. The minimum absolute atomic E-state index is 0.595. The molecule has 2 heterocycles. The van der Waals surface area contributed by atoms with Gasteiger partial charge < -0.3 is 4.42 Å². The highest BCUT2D eigenvalue weighted by atomic mass is 35.5. The second kappa shape index (κ2) is 7.59. The van der Waals surface area contributed by atoms with E-state index in [1.54, 1.807) is 0 Å². The van der Waals surface area contributed by atoms with E-state index in [0.29, 0.717) is 22.5 Å². The summed E-state index contributed by atoms with van der Waals surface area (Å²) in [6.45, 7) is 0. The number of halogens is 1. The minimum Gasteiger partial charge on any atom is -0.456 e. The lowest BCUT2D eigenvalue weighted by molar-refractivity contribution is 0.669.